The number of amides is 8. The number of hydrogen-bond acceptors (Lipinski definition) is 16. The Kier molecular flexibility index (Phi) is 24.1. The molecule has 2 aromatic heterocycles. The lowest BCUT2D eigenvalue weighted by Crippen LogP contribution is -2.47. The third kappa shape index (κ3) is 19.9. The number of rotatable bonds is 32. The molecule has 0 spiro atoms. The van der Waals surface area contributed by atoms with E-state index >= 15 is 0 Å². The second-order valence-corrected chi connectivity index (χ2v) is 19.5. The Morgan fingerprint density at radius 1 is 0.607 bits per heavy atom. The van der Waals surface area contributed by atoms with E-state index in [1.807, 2.05) is 0 Å². The number of aromatic nitrogens is 2. The number of alkyl halides is 4. The molecule has 8 amide bonds. The molecule has 0 radical (unpaired) electrons. The van der Waals surface area contributed by atoms with Gasteiger partial charge in [-0.05, 0) is 80.6 Å². The van der Waals surface area contributed by atoms with Crippen LogP contribution >= 0.6 is 0 Å². The molecule has 0 saturated carbocycles. The molecule has 4 aromatic rings. The van der Waals surface area contributed by atoms with Gasteiger partial charge in [0, 0.05) is 68.5 Å². The minimum absolute atomic E-state index is 0.0149. The molecular weight excluding hydrogens is 1110 g/mol. The third-order valence-electron chi connectivity index (χ3n) is 13.2. The zero-order valence-corrected chi connectivity index (χ0v) is 45.6. The van der Waals surface area contributed by atoms with Crippen molar-refractivity contribution in [3.63, 3.8) is 0 Å². The molecule has 25 nitrogen and oxygen atoms in total. The number of hydrogen-bond donors (Lipinski definition) is 7. The molecule has 4 heterocycles. The highest BCUT2D eigenvalue weighted by atomic mass is 19.3. The van der Waals surface area contributed by atoms with Crippen LogP contribution in [0, 0.1) is 22.7 Å². The van der Waals surface area contributed by atoms with E-state index in [0.29, 0.717) is 59.0 Å². The number of pyridine rings is 2. The number of ether oxygens (including phenoxy) is 4. The number of nitrogens with zero attached hydrogens (tertiary/aromatic N) is 6. The van der Waals surface area contributed by atoms with Crippen LogP contribution in [-0.4, -0.2) is 188 Å². The van der Waals surface area contributed by atoms with Crippen LogP contribution in [-0.2, 0) is 33.4 Å². The summed E-state index contributed by atoms with van der Waals surface area (Å²) in [4.78, 5) is 112. The highest BCUT2D eigenvalue weighted by Gasteiger charge is 2.48. The summed E-state index contributed by atoms with van der Waals surface area (Å²) in [7, 11) is 0. The van der Waals surface area contributed by atoms with Crippen molar-refractivity contribution in [2.45, 2.75) is 87.8 Å². The highest BCUT2D eigenvalue weighted by Crippen LogP contribution is 2.33. The number of fused-ring (bicyclic) bond motifs is 2. The molecule has 2 fully saturated rings. The van der Waals surface area contributed by atoms with Crippen LogP contribution in [0.5, 0.6) is 11.5 Å². The minimum atomic E-state index is -3.21. The summed E-state index contributed by atoms with van der Waals surface area (Å²) in [6.07, 6.45) is 1.63. The van der Waals surface area contributed by atoms with Gasteiger partial charge in [-0.3, -0.25) is 43.5 Å². The Morgan fingerprint density at radius 3 is 1.61 bits per heavy atom. The minimum Gasteiger partial charge on any atom is -0.494 e. The van der Waals surface area contributed by atoms with Gasteiger partial charge >= 0.3 is 6.09 Å². The van der Waals surface area contributed by atoms with Crippen molar-refractivity contribution in [2.75, 3.05) is 85.5 Å². The lowest BCUT2D eigenvalue weighted by Gasteiger charge is -2.19. The topological polar surface area (TPSA) is 346 Å². The van der Waals surface area contributed by atoms with Crippen molar-refractivity contribution >= 4 is 69.2 Å². The van der Waals surface area contributed by atoms with Crippen LogP contribution in [0.3, 0.4) is 0 Å². The van der Waals surface area contributed by atoms with Crippen molar-refractivity contribution in [1.82, 2.24) is 51.7 Å². The number of halogens is 4. The normalized spacial score (nSPS) is 16.2. The Labute approximate surface area is 479 Å². The number of carboxylic acid groups (broad SMARTS) is 1. The lowest BCUT2D eigenvalue weighted by atomic mass is 10.1. The van der Waals surface area contributed by atoms with Crippen LogP contribution in [0.15, 0.2) is 60.9 Å². The molecular formula is C55H64F4N12O13. The van der Waals surface area contributed by atoms with Gasteiger partial charge in [0.25, 0.3) is 23.7 Å². The van der Waals surface area contributed by atoms with Gasteiger partial charge in [0.15, 0.2) is 0 Å². The second kappa shape index (κ2) is 31.5. The Balaban J connectivity index is 0.923. The van der Waals surface area contributed by atoms with E-state index in [1.165, 1.54) is 24.5 Å². The maximum Gasteiger partial charge on any atom is 0.404 e. The first kappa shape index (κ1) is 64.2. The molecule has 0 aliphatic carbocycles. The molecule has 2 aliphatic heterocycles. The van der Waals surface area contributed by atoms with Crippen molar-refractivity contribution < 1.29 is 80.0 Å². The van der Waals surface area contributed by atoms with E-state index in [0.717, 1.165) is 9.80 Å². The highest BCUT2D eigenvalue weighted by molar-refractivity contribution is 6.08. The fraction of sp³-hybridized carbons (Fsp3) is 0.491. The molecule has 2 aliphatic rings. The zero-order valence-electron chi connectivity index (χ0n) is 45.6. The summed E-state index contributed by atoms with van der Waals surface area (Å²) >= 11 is 0. The quantitative estimate of drug-likeness (QED) is 0.0273. The molecule has 450 valence electrons. The van der Waals surface area contributed by atoms with Crippen molar-refractivity contribution in [3.05, 3.63) is 72.1 Å². The average molecular weight is 1180 g/mol. The maximum atomic E-state index is 13.9. The van der Waals surface area contributed by atoms with Gasteiger partial charge in [0.1, 0.15) is 29.6 Å². The van der Waals surface area contributed by atoms with E-state index < -0.39 is 111 Å². The summed E-state index contributed by atoms with van der Waals surface area (Å²) < 4.78 is 78.1. The molecule has 7 N–H and O–H groups in total. The molecule has 2 aromatic carbocycles. The smallest absolute Gasteiger partial charge is 0.404 e. The van der Waals surface area contributed by atoms with E-state index in [4.69, 9.17) is 24.1 Å². The first-order valence-corrected chi connectivity index (χ1v) is 27.0. The number of benzene rings is 2. The van der Waals surface area contributed by atoms with Crippen LogP contribution in [0.1, 0.15) is 78.5 Å². The van der Waals surface area contributed by atoms with Gasteiger partial charge in [-0.25, -0.2) is 22.4 Å². The van der Waals surface area contributed by atoms with Gasteiger partial charge in [-0.15, -0.1) is 0 Å². The lowest BCUT2D eigenvalue weighted by molar-refractivity contribution is -0.132. The average Bonchev–Trinajstić information content (AvgIpc) is 4.06. The van der Waals surface area contributed by atoms with E-state index in [9.17, 15) is 66.4 Å². The molecule has 29 heteroatoms. The molecule has 3 atom stereocenters. The molecule has 0 bridgehead atoms. The Bertz CT molecular complexity index is 3090. The Morgan fingerprint density at radius 2 is 1.11 bits per heavy atom. The first-order chi connectivity index (χ1) is 40.3. The fourth-order valence-corrected chi connectivity index (χ4v) is 8.93. The third-order valence-corrected chi connectivity index (χ3v) is 13.2. The van der Waals surface area contributed by atoms with Crippen molar-refractivity contribution in [1.29, 1.82) is 10.5 Å². The zero-order chi connectivity index (χ0) is 60.7. The number of carbonyl (C=O) groups is 8. The number of nitriles is 2. The SMILES string of the molecule is N#CC1CC(F)(F)CN1C(=O)CNC(=O)c1ccnc2ccc(OCCCCNC(=O)CC[C@H](NC(=O)CCOCCOCCNC(=O)O)C(=O)NCCCCOc3ccc4nccc(C(=O)NCC(=O)N5CC(F)(F)CC5C#N)c4c3)cc12. The second-order valence-electron chi connectivity index (χ2n) is 19.5. The molecule has 6 rings (SSSR count). The molecule has 84 heavy (non-hydrogen) atoms. The maximum absolute atomic E-state index is 13.9. The predicted molar refractivity (Wildman–Crippen MR) is 288 cm³/mol. The van der Waals surface area contributed by atoms with E-state index in [-0.39, 0.29) is 95.6 Å². The predicted octanol–water partition coefficient (Wildman–Crippen LogP) is 2.97. The van der Waals surface area contributed by atoms with Gasteiger partial charge in [0.2, 0.25) is 29.5 Å². The summed E-state index contributed by atoms with van der Waals surface area (Å²) in [6, 6.07) is 12.3. The van der Waals surface area contributed by atoms with Crippen LogP contribution in [0.2, 0.25) is 0 Å². The number of nitrogens with one attached hydrogen (secondary N) is 6. The number of carbonyl (C=O) groups excluding carboxylic acids is 7. The van der Waals surface area contributed by atoms with Crippen molar-refractivity contribution in [3.8, 4) is 23.6 Å². The summed E-state index contributed by atoms with van der Waals surface area (Å²) in [5.74, 6) is -10.1. The first-order valence-electron chi connectivity index (χ1n) is 27.0. The number of unbranched alkanes of at least 4 members (excludes halogenated alkanes) is 2. The summed E-state index contributed by atoms with van der Waals surface area (Å²) in [5.41, 5.74) is 1.17. The standard InChI is InChI=1S/C55H64F4N12O13/c56-54(57)27-35(29-60)70(33-54)48(74)31-67-50(76)39-11-16-62-43-7-5-37(25-41(39)43)83-19-3-1-14-64-46(72)10-9-45(69-47(73)13-21-81-23-24-82-22-18-66-53(79)80)52(78)65-15-2-4-20-84-38-6-8-44-42(26-38)40(12-17-63-44)51(77)68-32-49(75)71-34-55(58,59)28-36(71)30-61/h5-8,11-12,16-17,25-26,35-36,45,66H,1-4,9-10,13-15,18-24,27-28,31-34H2,(H,64,72)(H,65,78)(H,67,76)(H,68,77)(H,69,73)(H,79,80)/t35?,36?,45-/m0/s1. The largest absolute Gasteiger partial charge is 0.494 e. The van der Waals surface area contributed by atoms with Crippen molar-refractivity contribution in [2.24, 2.45) is 0 Å². The van der Waals surface area contributed by atoms with Crippen LogP contribution in [0.4, 0.5) is 22.4 Å². The summed E-state index contributed by atoms with van der Waals surface area (Å²) in [5, 5.41) is 43.2. The van der Waals surface area contributed by atoms with Crippen LogP contribution in [0.25, 0.3) is 21.8 Å². The monoisotopic (exact) mass is 1180 g/mol. The fourth-order valence-electron chi connectivity index (χ4n) is 8.93. The van der Waals surface area contributed by atoms with E-state index in [1.54, 1.807) is 48.5 Å². The number of likely N-dealkylation sites (tertiary alicyclic amines) is 2. The van der Waals surface area contributed by atoms with Gasteiger partial charge in [-0.2, -0.15) is 10.5 Å². The van der Waals surface area contributed by atoms with Crippen LogP contribution < -0.4 is 41.4 Å². The molecule has 2 saturated heterocycles. The van der Waals surface area contributed by atoms with Gasteiger partial charge in [0.05, 0.1) is 100 Å². The van der Waals surface area contributed by atoms with Gasteiger partial charge in [-0.1, -0.05) is 0 Å². The molecule has 2 unspecified atom stereocenters. The summed E-state index contributed by atoms with van der Waals surface area (Å²) in [6.45, 7) is -1.74. The Hall–Kier alpha value is -8.96. The van der Waals surface area contributed by atoms with Gasteiger partial charge < -0.3 is 65.8 Å². The van der Waals surface area contributed by atoms with E-state index in [2.05, 4.69) is 41.9 Å².